The zero-order chi connectivity index (χ0) is 24.1. The van der Waals surface area contributed by atoms with Crippen LogP contribution >= 0.6 is 11.8 Å². The number of amides is 1. The van der Waals surface area contributed by atoms with Gasteiger partial charge in [-0.2, -0.15) is 0 Å². The van der Waals surface area contributed by atoms with Gasteiger partial charge in [-0.25, -0.2) is 14.5 Å². The first-order chi connectivity index (χ1) is 16.5. The van der Waals surface area contributed by atoms with Crippen LogP contribution in [0.1, 0.15) is 11.1 Å². The lowest BCUT2D eigenvalue weighted by molar-refractivity contribution is -0.118. The van der Waals surface area contributed by atoms with E-state index in [1.165, 1.54) is 22.3 Å². The Morgan fingerprint density at radius 1 is 1.09 bits per heavy atom. The molecule has 0 saturated heterocycles. The third kappa shape index (κ3) is 5.23. The number of fused-ring (bicyclic) bond motifs is 1. The van der Waals surface area contributed by atoms with Gasteiger partial charge in [0.1, 0.15) is 0 Å². The molecule has 0 aliphatic heterocycles. The summed E-state index contributed by atoms with van der Waals surface area (Å²) in [5, 5.41) is 6.10. The van der Waals surface area contributed by atoms with Gasteiger partial charge in [0.2, 0.25) is 5.91 Å². The summed E-state index contributed by atoms with van der Waals surface area (Å²) in [4.78, 5) is 33.5. The number of ether oxygens (including phenoxy) is 2. The number of nitrogens with zero attached hydrogens (tertiary/aromatic N) is 3. The van der Waals surface area contributed by atoms with E-state index in [0.717, 1.165) is 16.7 Å². The maximum absolute atomic E-state index is 12.5. The molecule has 0 spiro atoms. The highest BCUT2D eigenvalue weighted by atomic mass is 32.2. The molecule has 0 bridgehead atoms. The summed E-state index contributed by atoms with van der Waals surface area (Å²) in [7, 11) is 3.18. The van der Waals surface area contributed by atoms with Crippen LogP contribution in [0, 0.1) is 6.92 Å². The fourth-order valence-corrected chi connectivity index (χ4v) is 4.27. The van der Waals surface area contributed by atoms with E-state index in [4.69, 9.17) is 9.47 Å². The van der Waals surface area contributed by atoms with E-state index < -0.39 is 0 Å². The van der Waals surface area contributed by atoms with Gasteiger partial charge in [0.15, 0.2) is 28.1 Å². The van der Waals surface area contributed by atoms with Crippen LogP contribution in [0.2, 0.25) is 0 Å². The van der Waals surface area contributed by atoms with Gasteiger partial charge in [0, 0.05) is 18.2 Å². The molecule has 2 aromatic heterocycles. The Kier molecular flexibility index (Phi) is 7.17. The Balaban J connectivity index is 1.42. The third-order valence-electron chi connectivity index (χ3n) is 5.23. The molecule has 0 saturated carbocycles. The Morgan fingerprint density at radius 3 is 2.65 bits per heavy atom. The summed E-state index contributed by atoms with van der Waals surface area (Å²) in [5.74, 6) is 1.83. The third-order valence-corrected chi connectivity index (χ3v) is 6.17. The fraction of sp³-hybridized carbons (Fsp3) is 0.250. The highest BCUT2D eigenvalue weighted by molar-refractivity contribution is 7.99. The quantitative estimate of drug-likeness (QED) is 0.355. The van der Waals surface area contributed by atoms with E-state index in [2.05, 4.69) is 20.4 Å². The lowest BCUT2D eigenvalue weighted by atomic mass is 10.1. The SMILES string of the molecule is COc1ccc(CCNC(=O)CSc2nc(-c3ccccc3C)nc3cc(=O)[nH]n23)cc1OC. The minimum Gasteiger partial charge on any atom is -0.493 e. The van der Waals surface area contributed by atoms with Crippen molar-refractivity contribution < 1.29 is 14.3 Å². The second-order valence-electron chi connectivity index (χ2n) is 7.54. The van der Waals surface area contributed by atoms with Crippen LogP contribution in [0.5, 0.6) is 11.5 Å². The minimum atomic E-state index is -0.280. The highest BCUT2D eigenvalue weighted by Crippen LogP contribution is 2.27. The van der Waals surface area contributed by atoms with Gasteiger partial charge in [-0.1, -0.05) is 42.1 Å². The maximum atomic E-state index is 12.5. The van der Waals surface area contributed by atoms with Gasteiger partial charge in [-0.05, 0) is 36.6 Å². The Labute approximate surface area is 200 Å². The average molecular weight is 480 g/mol. The number of hydrogen-bond acceptors (Lipinski definition) is 7. The zero-order valence-corrected chi connectivity index (χ0v) is 19.9. The topological polar surface area (TPSA) is 111 Å². The van der Waals surface area contributed by atoms with Crippen LogP contribution in [0.25, 0.3) is 17.0 Å². The van der Waals surface area contributed by atoms with E-state index in [9.17, 15) is 9.59 Å². The average Bonchev–Trinajstić information content (AvgIpc) is 3.22. The Morgan fingerprint density at radius 2 is 1.88 bits per heavy atom. The number of aromatic amines is 1. The van der Waals surface area contributed by atoms with E-state index >= 15 is 0 Å². The zero-order valence-electron chi connectivity index (χ0n) is 19.1. The smallest absolute Gasteiger partial charge is 0.266 e. The van der Waals surface area contributed by atoms with Crippen LogP contribution in [0.15, 0.2) is 58.5 Å². The number of carbonyl (C=O) groups excluding carboxylic acids is 1. The molecular weight excluding hydrogens is 454 g/mol. The number of hydrogen-bond donors (Lipinski definition) is 2. The Hall–Kier alpha value is -3.79. The van der Waals surface area contributed by atoms with Crippen molar-refractivity contribution in [2.75, 3.05) is 26.5 Å². The highest BCUT2D eigenvalue weighted by Gasteiger charge is 2.14. The first-order valence-electron chi connectivity index (χ1n) is 10.6. The number of H-pyrrole nitrogens is 1. The molecule has 34 heavy (non-hydrogen) atoms. The molecule has 176 valence electrons. The molecule has 9 nitrogen and oxygen atoms in total. The molecular formula is C24H25N5O4S. The standard InChI is InChI=1S/C24H25N5O4S/c1-15-6-4-5-7-17(15)23-26-20-13-21(30)28-29(20)24(27-23)34-14-22(31)25-11-10-16-8-9-18(32-2)19(12-16)33-3/h4-9,12-13H,10-11,14H2,1-3H3,(H,25,31)(H,28,30). The van der Waals surface area contributed by atoms with Crippen LogP contribution in [0.4, 0.5) is 0 Å². The summed E-state index contributed by atoms with van der Waals surface area (Å²) in [6.45, 7) is 2.45. The van der Waals surface area contributed by atoms with Crippen molar-refractivity contribution in [3.63, 3.8) is 0 Å². The predicted molar refractivity (Wildman–Crippen MR) is 131 cm³/mol. The summed E-state index contributed by atoms with van der Waals surface area (Å²) in [5.41, 5.74) is 3.09. The molecule has 2 N–H and O–H groups in total. The van der Waals surface area contributed by atoms with Crippen molar-refractivity contribution in [1.82, 2.24) is 24.9 Å². The monoisotopic (exact) mass is 479 g/mol. The Bertz CT molecular complexity index is 1380. The lowest BCUT2D eigenvalue weighted by Crippen LogP contribution is -2.27. The number of carbonyl (C=O) groups is 1. The molecule has 0 radical (unpaired) electrons. The van der Waals surface area contributed by atoms with E-state index in [-0.39, 0.29) is 17.2 Å². The molecule has 2 aromatic carbocycles. The first-order valence-corrected chi connectivity index (χ1v) is 11.6. The number of aromatic nitrogens is 4. The van der Waals surface area contributed by atoms with Crippen molar-refractivity contribution in [3.8, 4) is 22.9 Å². The molecule has 10 heteroatoms. The molecule has 4 aromatic rings. The van der Waals surface area contributed by atoms with Crippen LogP contribution < -0.4 is 20.3 Å². The lowest BCUT2D eigenvalue weighted by Gasteiger charge is -2.10. The fourth-order valence-electron chi connectivity index (χ4n) is 3.49. The normalized spacial score (nSPS) is 10.9. The second-order valence-corrected chi connectivity index (χ2v) is 8.48. The molecule has 2 heterocycles. The van der Waals surface area contributed by atoms with Crippen molar-refractivity contribution in [3.05, 3.63) is 70.0 Å². The van der Waals surface area contributed by atoms with E-state index in [1.807, 2.05) is 49.4 Å². The molecule has 4 rings (SSSR count). The van der Waals surface area contributed by atoms with Gasteiger partial charge >= 0.3 is 0 Å². The first kappa shape index (κ1) is 23.4. The van der Waals surface area contributed by atoms with E-state index in [1.54, 1.807) is 14.2 Å². The number of nitrogens with one attached hydrogen (secondary N) is 2. The van der Waals surface area contributed by atoms with Crippen LogP contribution in [-0.2, 0) is 11.2 Å². The summed E-state index contributed by atoms with van der Waals surface area (Å²) in [6.07, 6.45) is 0.650. The number of methoxy groups -OCH3 is 2. The van der Waals surface area contributed by atoms with Crippen molar-refractivity contribution in [2.24, 2.45) is 0 Å². The number of thioether (sulfide) groups is 1. The summed E-state index contributed by atoms with van der Waals surface area (Å²) >= 11 is 1.24. The largest absolute Gasteiger partial charge is 0.493 e. The van der Waals surface area contributed by atoms with Crippen molar-refractivity contribution in [2.45, 2.75) is 18.5 Å². The predicted octanol–water partition coefficient (Wildman–Crippen LogP) is 2.86. The van der Waals surface area contributed by atoms with Crippen LogP contribution in [0.3, 0.4) is 0 Å². The van der Waals surface area contributed by atoms with Gasteiger partial charge in [0.05, 0.1) is 20.0 Å². The minimum absolute atomic E-state index is 0.135. The summed E-state index contributed by atoms with van der Waals surface area (Å²) < 4.78 is 12.1. The van der Waals surface area contributed by atoms with Gasteiger partial charge in [-0.15, -0.1) is 0 Å². The molecule has 1 amide bonds. The summed E-state index contributed by atoms with van der Waals surface area (Å²) in [6, 6.07) is 14.9. The van der Waals surface area contributed by atoms with Gasteiger partial charge in [0.25, 0.3) is 5.56 Å². The second kappa shape index (κ2) is 10.4. The van der Waals surface area contributed by atoms with Crippen molar-refractivity contribution >= 4 is 23.3 Å². The molecule has 0 aliphatic rings. The number of benzene rings is 2. The van der Waals surface area contributed by atoms with Crippen LogP contribution in [-0.4, -0.2) is 52.0 Å². The molecule has 0 unspecified atom stereocenters. The van der Waals surface area contributed by atoms with E-state index in [0.29, 0.717) is 41.1 Å². The van der Waals surface area contributed by atoms with Crippen molar-refractivity contribution in [1.29, 1.82) is 0 Å². The number of rotatable bonds is 9. The number of aryl methyl sites for hydroxylation is 1. The molecule has 0 atom stereocenters. The van der Waals surface area contributed by atoms with Gasteiger partial charge in [-0.3, -0.25) is 14.7 Å². The maximum Gasteiger partial charge on any atom is 0.266 e. The molecule has 0 aliphatic carbocycles. The van der Waals surface area contributed by atoms with Gasteiger partial charge < -0.3 is 14.8 Å². The molecule has 0 fully saturated rings.